The fourth-order valence-corrected chi connectivity index (χ4v) is 3.95. The van der Waals surface area contributed by atoms with Gasteiger partial charge in [0, 0.05) is 15.4 Å². The molecule has 2 aromatic rings. The average molecular weight is 339 g/mol. The second-order valence-electron chi connectivity index (χ2n) is 4.96. The van der Waals surface area contributed by atoms with E-state index in [0.717, 1.165) is 12.8 Å². The molecule has 0 saturated carbocycles. The molecule has 1 atom stereocenters. The summed E-state index contributed by atoms with van der Waals surface area (Å²) < 4.78 is 1.18. The maximum atomic E-state index is 5.70. The predicted molar refractivity (Wildman–Crippen MR) is 86.5 cm³/mol. The Morgan fingerprint density at radius 3 is 2.42 bits per heavy atom. The van der Waals surface area contributed by atoms with Crippen molar-refractivity contribution in [3.8, 4) is 0 Å². The van der Waals surface area contributed by atoms with Crippen molar-refractivity contribution in [2.75, 3.05) is 0 Å². The molecule has 2 rings (SSSR count). The summed E-state index contributed by atoms with van der Waals surface area (Å²) in [6.45, 7) is 4.27. The number of hydrazine groups is 1. The first-order valence-corrected chi connectivity index (χ1v) is 8.01. The van der Waals surface area contributed by atoms with Gasteiger partial charge in [-0.3, -0.25) is 11.3 Å². The van der Waals surface area contributed by atoms with Crippen molar-refractivity contribution in [3.05, 3.63) is 55.7 Å². The van der Waals surface area contributed by atoms with Gasteiger partial charge in [-0.05, 0) is 59.6 Å². The fraction of sp³-hybridized carbons (Fsp3) is 0.333. The average Bonchev–Trinajstić information content (AvgIpc) is 2.73. The Kier molecular flexibility index (Phi) is 5.16. The van der Waals surface area contributed by atoms with E-state index in [-0.39, 0.29) is 6.04 Å². The quantitative estimate of drug-likeness (QED) is 0.643. The number of nitrogens with two attached hydrogens (primary N) is 1. The zero-order valence-electron chi connectivity index (χ0n) is 11.2. The summed E-state index contributed by atoms with van der Waals surface area (Å²) in [5.74, 6) is 5.70. The third-order valence-corrected chi connectivity index (χ3v) is 5.07. The molecule has 1 aromatic carbocycles. The van der Waals surface area contributed by atoms with E-state index >= 15 is 0 Å². The molecule has 0 saturated heterocycles. The molecule has 1 heterocycles. The number of thiophene rings is 1. The number of aryl methyl sites for hydroxylation is 2. The summed E-state index contributed by atoms with van der Waals surface area (Å²) in [6, 6.07) is 9.02. The Bertz CT molecular complexity index is 531. The lowest BCUT2D eigenvalue weighted by atomic mass is 9.99. The van der Waals surface area contributed by atoms with Crippen molar-refractivity contribution in [2.24, 2.45) is 5.84 Å². The highest BCUT2D eigenvalue weighted by Crippen LogP contribution is 2.24. The van der Waals surface area contributed by atoms with Crippen LogP contribution in [0.25, 0.3) is 0 Å². The SMILES string of the molecule is Cc1cc(C)cc(CC(Cc2sccc2Br)NN)c1. The van der Waals surface area contributed by atoms with Crippen LogP contribution in [0.4, 0.5) is 0 Å². The van der Waals surface area contributed by atoms with Gasteiger partial charge in [0.25, 0.3) is 0 Å². The summed E-state index contributed by atoms with van der Waals surface area (Å²) in [6.07, 6.45) is 1.89. The Hall–Kier alpha value is -0.680. The summed E-state index contributed by atoms with van der Waals surface area (Å²) in [4.78, 5) is 1.34. The fourth-order valence-electron chi connectivity index (χ4n) is 2.36. The monoisotopic (exact) mass is 338 g/mol. The number of benzene rings is 1. The van der Waals surface area contributed by atoms with E-state index in [1.54, 1.807) is 11.3 Å². The van der Waals surface area contributed by atoms with E-state index in [2.05, 4.69) is 64.8 Å². The molecule has 0 fully saturated rings. The first-order chi connectivity index (χ1) is 9.08. The van der Waals surface area contributed by atoms with Gasteiger partial charge in [0.15, 0.2) is 0 Å². The molecule has 102 valence electrons. The van der Waals surface area contributed by atoms with Crippen LogP contribution in [0.2, 0.25) is 0 Å². The second-order valence-corrected chi connectivity index (χ2v) is 6.81. The van der Waals surface area contributed by atoms with Gasteiger partial charge < -0.3 is 0 Å². The molecule has 0 amide bonds. The Labute approximate surface area is 127 Å². The molecule has 0 aliphatic rings. The molecule has 1 unspecified atom stereocenters. The molecular weight excluding hydrogens is 320 g/mol. The van der Waals surface area contributed by atoms with Crippen LogP contribution < -0.4 is 11.3 Å². The van der Waals surface area contributed by atoms with Crippen molar-refractivity contribution in [2.45, 2.75) is 32.7 Å². The van der Waals surface area contributed by atoms with Gasteiger partial charge in [-0.15, -0.1) is 11.3 Å². The minimum absolute atomic E-state index is 0.260. The molecule has 0 radical (unpaired) electrons. The van der Waals surface area contributed by atoms with E-state index in [1.807, 2.05) is 0 Å². The first kappa shape index (κ1) is 14.7. The molecule has 0 aliphatic heterocycles. The minimum atomic E-state index is 0.260. The zero-order valence-corrected chi connectivity index (χ0v) is 13.6. The topological polar surface area (TPSA) is 38.0 Å². The molecule has 2 nitrogen and oxygen atoms in total. The van der Waals surface area contributed by atoms with Crippen LogP contribution in [0.15, 0.2) is 34.1 Å². The summed E-state index contributed by atoms with van der Waals surface area (Å²) >= 11 is 5.34. The zero-order chi connectivity index (χ0) is 13.8. The van der Waals surface area contributed by atoms with E-state index in [1.165, 1.54) is 26.0 Å². The van der Waals surface area contributed by atoms with Crippen LogP contribution in [0.3, 0.4) is 0 Å². The van der Waals surface area contributed by atoms with E-state index in [9.17, 15) is 0 Å². The lowest BCUT2D eigenvalue weighted by Crippen LogP contribution is -2.38. The van der Waals surface area contributed by atoms with Gasteiger partial charge in [-0.25, -0.2) is 0 Å². The van der Waals surface area contributed by atoms with Crippen molar-refractivity contribution in [3.63, 3.8) is 0 Å². The third kappa shape index (κ3) is 4.14. The minimum Gasteiger partial charge on any atom is -0.271 e. The van der Waals surface area contributed by atoms with Crippen molar-refractivity contribution >= 4 is 27.3 Å². The second kappa shape index (κ2) is 6.66. The number of halogens is 1. The molecular formula is C15H19BrN2S. The normalized spacial score (nSPS) is 12.6. The van der Waals surface area contributed by atoms with Gasteiger partial charge in [0.1, 0.15) is 0 Å². The number of hydrogen-bond donors (Lipinski definition) is 2. The third-order valence-electron chi connectivity index (χ3n) is 3.12. The van der Waals surface area contributed by atoms with Gasteiger partial charge in [-0.2, -0.15) is 0 Å². The first-order valence-electron chi connectivity index (χ1n) is 6.33. The summed E-state index contributed by atoms with van der Waals surface area (Å²) in [5.41, 5.74) is 6.90. The lowest BCUT2D eigenvalue weighted by Gasteiger charge is -2.16. The molecule has 0 aliphatic carbocycles. The highest BCUT2D eigenvalue weighted by molar-refractivity contribution is 9.10. The Morgan fingerprint density at radius 1 is 1.21 bits per heavy atom. The van der Waals surface area contributed by atoms with Crippen LogP contribution in [-0.4, -0.2) is 6.04 Å². The maximum Gasteiger partial charge on any atom is 0.0314 e. The smallest absolute Gasteiger partial charge is 0.0314 e. The van der Waals surface area contributed by atoms with Crippen LogP contribution in [0.1, 0.15) is 21.6 Å². The van der Waals surface area contributed by atoms with E-state index < -0.39 is 0 Å². The van der Waals surface area contributed by atoms with Gasteiger partial charge in [-0.1, -0.05) is 29.3 Å². The van der Waals surface area contributed by atoms with Crippen molar-refractivity contribution < 1.29 is 0 Å². The van der Waals surface area contributed by atoms with Crippen molar-refractivity contribution in [1.29, 1.82) is 0 Å². The van der Waals surface area contributed by atoms with Crippen LogP contribution in [-0.2, 0) is 12.8 Å². The standard InChI is InChI=1S/C15H19BrN2S/c1-10-5-11(2)7-12(6-10)8-13(18-17)9-15-14(16)3-4-19-15/h3-7,13,18H,8-9,17H2,1-2H3. The molecule has 0 spiro atoms. The number of hydrogen-bond acceptors (Lipinski definition) is 3. The lowest BCUT2D eigenvalue weighted by molar-refractivity contribution is 0.525. The largest absolute Gasteiger partial charge is 0.271 e. The Balaban J connectivity index is 2.08. The Morgan fingerprint density at radius 2 is 1.89 bits per heavy atom. The van der Waals surface area contributed by atoms with Crippen LogP contribution >= 0.6 is 27.3 Å². The highest BCUT2D eigenvalue weighted by atomic mass is 79.9. The van der Waals surface area contributed by atoms with Gasteiger partial charge in [0.2, 0.25) is 0 Å². The predicted octanol–water partition coefficient (Wildman–Crippen LogP) is 3.74. The summed E-state index contributed by atoms with van der Waals surface area (Å²) in [7, 11) is 0. The van der Waals surface area contributed by atoms with Gasteiger partial charge >= 0.3 is 0 Å². The van der Waals surface area contributed by atoms with Crippen LogP contribution in [0, 0.1) is 13.8 Å². The van der Waals surface area contributed by atoms with Crippen LogP contribution in [0.5, 0.6) is 0 Å². The molecule has 1 aromatic heterocycles. The van der Waals surface area contributed by atoms with E-state index in [0.29, 0.717) is 0 Å². The van der Waals surface area contributed by atoms with Crippen molar-refractivity contribution in [1.82, 2.24) is 5.43 Å². The maximum absolute atomic E-state index is 5.70. The number of rotatable bonds is 5. The number of nitrogens with one attached hydrogen (secondary N) is 1. The molecule has 3 N–H and O–H groups in total. The molecule has 4 heteroatoms. The summed E-state index contributed by atoms with van der Waals surface area (Å²) in [5, 5.41) is 2.10. The van der Waals surface area contributed by atoms with Gasteiger partial charge in [0.05, 0.1) is 0 Å². The van der Waals surface area contributed by atoms with E-state index in [4.69, 9.17) is 5.84 Å². The molecule has 0 bridgehead atoms. The molecule has 19 heavy (non-hydrogen) atoms. The highest BCUT2D eigenvalue weighted by Gasteiger charge is 2.12.